The quantitative estimate of drug-likeness (QED) is 0.839. The number of hydrogen-bond donors (Lipinski definition) is 2. The lowest BCUT2D eigenvalue weighted by Crippen LogP contribution is -2.34. The summed E-state index contributed by atoms with van der Waals surface area (Å²) in [4.78, 5) is 0.979. The van der Waals surface area contributed by atoms with Gasteiger partial charge in [-0.15, -0.1) is 11.3 Å². The molecule has 4 heteroatoms. The van der Waals surface area contributed by atoms with Crippen molar-refractivity contribution >= 4 is 11.3 Å². The molecule has 1 atom stereocenters. The van der Waals surface area contributed by atoms with Crippen LogP contribution in [0.2, 0.25) is 0 Å². The maximum atomic E-state index is 10.2. The van der Waals surface area contributed by atoms with Crippen LogP contribution in [0.5, 0.6) is 0 Å². The summed E-state index contributed by atoms with van der Waals surface area (Å²) >= 11 is 1.57. The van der Waals surface area contributed by atoms with Gasteiger partial charge in [0.15, 0.2) is 0 Å². The van der Waals surface area contributed by atoms with Crippen LogP contribution in [0.1, 0.15) is 17.4 Å². The Bertz CT molecular complexity index is 406. The van der Waals surface area contributed by atoms with Crippen molar-refractivity contribution in [3.8, 4) is 0 Å². The second-order valence-electron chi connectivity index (χ2n) is 3.99. The van der Waals surface area contributed by atoms with Gasteiger partial charge in [0, 0.05) is 23.5 Å². The highest BCUT2D eigenvalue weighted by Crippen LogP contribution is 2.24. The lowest BCUT2D eigenvalue weighted by atomic mass is 10.1. The predicted octanol–water partition coefficient (Wildman–Crippen LogP) is 2.34. The summed E-state index contributed by atoms with van der Waals surface area (Å²) in [6.45, 7) is 3.05. The van der Waals surface area contributed by atoms with Gasteiger partial charge in [0.1, 0.15) is 5.60 Å². The molecule has 2 aromatic rings. The Morgan fingerprint density at radius 1 is 1.50 bits per heavy atom. The third kappa shape index (κ3) is 2.72. The first-order valence-corrected chi connectivity index (χ1v) is 6.04. The first kappa shape index (κ1) is 11.4. The molecule has 0 aliphatic rings. The van der Waals surface area contributed by atoms with Crippen molar-refractivity contribution in [2.45, 2.75) is 19.1 Å². The number of furan rings is 1. The standard InChI is InChI=1S/C12H15NO2S/c1-12(14,11-3-2-6-16-11)9-13-7-10-4-5-15-8-10/h2-6,8,13-14H,7,9H2,1H3. The molecule has 0 amide bonds. The maximum absolute atomic E-state index is 10.2. The second-order valence-corrected chi connectivity index (χ2v) is 4.93. The molecular formula is C12H15NO2S. The van der Waals surface area contributed by atoms with E-state index in [2.05, 4.69) is 5.32 Å². The van der Waals surface area contributed by atoms with E-state index < -0.39 is 5.60 Å². The van der Waals surface area contributed by atoms with Crippen molar-refractivity contribution < 1.29 is 9.52 Å². The molecule has 0 radical (unpaired) electrons. The predicted molar refractivity (Wildman–Crippen MR) is 64.3 cm³/mol. The van der Waals surface area contributed by atoms with Gasteiger partial charge < -0.3 is 14.8 Å². The van der Waals surface area contributed by atoms with Gasteiger partial charge in [0.2, 0.25) is 0 Å². The van der Waals surface area contributed by atoms with Crippen LogP contribution in [0.4, 0.5) is 0 Å². The van der Waals surface area contributed by atoms with Crippen LogP contribution in [0, 0.1) is 0 Å². The topological polar surface area (TPSA) is 45.4 Å². The van der Waals surface area contributed by atoms with Gasteiger partial charge in [0.25, 0.3) is 0 Å². The minimum absolute atomic E-state index is 0.526. The molecule has 2 aromatic heterocycles. The van der Waals surface area contributed by atoms with Crippen LogP contribution in [0.15, 0.2) is 40.5 Å². The fourth-order valence-corrected chi connectivity index (χ4v) is 2.30. The third-order valence-electron chi connectivity index (χ3n) is 2.43. The Morgan fingerprint density at radius 3 is 3.00 bits per heavy atom. The summed E-state index contributed by atoms with van der Waals surface area (Å²) in [7, 11) is 0. The Labute approximate surface area is 98.7 Å². The van der Waals surface area contributed by atoms with E-state index in [-0.39, 0.29) is 0 Å². The van der Waals surface area contributed by atoms with E-state index in [1.54, 1.807) is 23.9 Å². The molecular weight excluding hydrogens is 222 g/mol. The third-order valence-corrected chi connectivity index (χ3v) is 3.55. The number of nitrogens with one attached hydrogen (secondary N) is 1. The average molecular weight is 237 g/mol. The highest BCUT2D eigenvalue weighted by atomic mass is 32.1. The summed E-state index contributed by atoms with van der Waals surface area (Å²) in [5.74, 6) is 0. The summed E-state index contributed by atoms with van der Waals surface area (Å²) in [6, 6.07) is 5.81. The van der Waals surface area contributed by atoms with Gasteiger partial charge in [-0.05, 0) is 24.4 Å². The SMILES string of the molecule is CC(O)(CNCc1ccoc1)c1cccs1. The van der Waals surface area contributed by atoms with Crippen molar-refractivity contribution in [2.24, 2.45) is 0 Å². The van der Waals surface area contributed by atoms with Crippen molar-refractivity contribution in [3.05, 3.63) is 46.5 Å². The zero-order chi connectivity index (χ0) is 11.4. The van der Waals surface area contributed by atoms with Gasteiger partial charge in [-0.2, -0.15) is 0 Å². The molecule has 1 unspecified atom stereocenters. The van der Waals surface area contributed by atoms with Crippen LogP contribution in [-0.4, -0.2) is 11.7 Å². The van der Waals surface area contributed by atoms with E-state index in [0.717, 1.165) is 10.4 Å². The van der Waals surface area contributed by atoms with E-state index in [4.69, 9.17) is 4.42 Å². The Morgan fingerprint density at radius 2 is 2.38 bits per heavy atom. The first-order valence-electron chi connectivity index (χ1n) is 5.17. The minimum atomic E-state index is -0.808. The summed E-state index contributed by atoms with van der Waals surface area (Å²) < 4.78 is 4.97. The molecule has 0 aromatic carbocycles. The fourth-order valence-electron chi connectivity index (χ4n) is 1.52. The van der Waals surface area contributed by atoms with Crippen LogP contribution in [-0.2, 0) is 12.1 Å². The molecule has 3 nitrogen and oxygen atoms in total. The minimum Gasteiger partial charge on any atom is -0.472 e. The molecule has 0 aliphatic heterocycles. The summed E-state index contributed by atoms with van der Waals surface area (Å²) in [5, 5.41) is 15.4. The lowest BCUT2D eigenvalue weighted by Gasteiger charge is -2.22. The Hall–Kier alpha value is -1.10. The highest BCUT2D eigenvalue weighted by molar-refractivity contribution is 7.10. The first-order chi connectivity index (χ1) is 7.68. The molecule has 0 aliphatic carbocycles. The van der Waals surface area contributed by atoms with Crippen LogP contribution < -0.4 is 5.32 Å². The van der Waals surface area contributed by atoms with E-state index >= 15 is 0 Å². The molecule has 0 saturated heterocycles. The van der Waals surface area contributed by atoms with E-state index in [0.29, 0.717) is 13.1 Å². The Kier molecular flexibility index (Phi) is 3.43. The molecule has 2 N–H and O–H groups in total. The van der Waals surface area contributed by atoms with E-state index in [1.807, 2.05) is 30.5 Å². The van der Waals surface area contributed by atoms with Gasteiger partial charge in [-0.25, -0.2) is 0 Å². The van der Waals surface area contributed by atoms with Crippen molar-refractivity contribution in [2.75, 3.05) is 6.54 Å². The molecule has 0 fully saturated rings. The molecule has 2 rings (SSSR count). The van der Waals surface area contributed by atoms with Crippen LogP contribution in [0.3, 0.4) is 0 Å². The number of hydrogen-bond acceptors (Lipinski definition) is 4. The monoisotopic (exact) mass is 237 g/mol. The van der Waals surface area contributed by atoms with Crippen molar-refractivity contribution in [1.29, 1.82) is 0 Å². The smallest absolute Gasteiger partial charge is 0.108 e. The summed E-state index contributed by atoms with van der Waals surface area (Å²) in [5.41, 5.74) is 0.278. The molecule has 0 spiro atoms. The number of thiophene rings is 1. The van der Waals surface area contributed by atoms with Crippen LogP contribution >= 0.6 is 11.3 Å². The van der Waals surface area contributed by atoms with Crippen LogP contribution in [0.25, 0.3) is 0 Å². The van der Waals surface area contributed by atoms with E-state index in [1.165, 1.54) is 0 Å². The number of aliphatic hydroxyl groups is 1. The largest absolute Gasteiger partial charge is 0.472 e. The van der Waals surface area contributed by atoms with Gasteiger partial charge in [-0.3, -0.25) is 0 Å². The molecule has 86 valence electrons. The van der Waals surface area contributed by atoms with Crippen molar-refractivity contribution in [3.63, 3.8) is 0 Å². The molecule has 0 bridgehead atoms. The van der Waals surface area contributed by atoms with Gasteiger partial charge >= 0.3 is 0 Å². The van der Waals surface area contributed by atoms with Gasteiger partial charge in [0.05, 0.1) is 12.5 Å². The zero-order valence-corrected chi connectivity index (χ0v) is 9.96. The molecule has 2 heterocycles. The molecule has 16 heavy (non-hydrogen) atoms. The second kappa shape index (κ2) is 4.82. The zero-order valence-electron chi connectivity index (χ0n) is 9.14. The lowest BCUT2D eigenvalue weighted by molar-refractivity contribution is 0.0604. The Balaban J connectivity index is 1.85. The number of rotatable bonds is 5. The maximum Gasteiger partial charge on any atom is 0.108 e. The van der Waals surface area contributed by atoms with E-state index in [9.17, 15) is 5.11 Å². The average Bonchev–Trinajstić information content (AvgIpc) is 2.90. The van der Waals surface area contributed by atoms with Crippen molar-refractivity contribution in [1.82, 2.24) is 5.32 Å². The summed E-state index contributed by atoms with van der Waals surface area (Å²) in [6.07, 6.45) is 3.35. The normalized spacial score (nSPS) is 14.9. The molecule has 0 saturated carbocycles. The fraction of sp³-hybridized carbons (Fsp3) is 0.333. The highest BCUT2D eigenvalue weighted by Gasteiger charge is 2.23. The van der Waals surface area contributed by atoms with Gasteiger partial charge in [-0.1, -0.05) is 6.07 Å².